The number of hydrogen-bond donors (Lipinski definition) is 2. The van der Waals surface area contributed by atoms with Crippen LogP contribution in [0.4, 0.5) is 5.69 Å². The number of ether oxygens (including phenoxy) is 3. The zero-order valence-electron chi connectivity index (χ0n) is 16.7. The fourth-order valence-corrected chi connectivity index (χ4v) is 2.42. The molecule has 0 unspecified atom stereocenters. The molecular weight excluding hydrogens is 374 g/mol. The summed E-state index contributed by atoms with van der Waals surface area (Å²) < 4.78 is 15.7. The Morgan fingerprint density at radius 1 is 0.966 bits per heavy atom. The molecule has 8 nitrogen and oxygen atoms in total. The smallest absolute Gasteiger partial charge is 0.240 e. The van der Waals surface area contributed by atoms with Gasteiger partial charge in [-0.3, -0.25) is 9.59 Å². The van der Waals surface area contributed by atoms with Crippen molar-refractivity contribution in [2.75, 3.05) is 26.1 Å². The van der Waals surface area contributed by atoms with E-state index in [0.717, 1.165) is 5.75 Å². The minimum Gasteiger partial charge on any atom is -0.497 e. The Bertz CT molecular complexity index is 850. The van der Waals surface area contributed by atoms with Gasteiger partial charge < -0.3 is 19.5 Å². The Labute approximate surface area is 169 Å². The average molecular weight is 399 g/mol. The van der Waals surface area contributed by atoms with Gasteiger partial charge >= 0.3 is 0 Å². The van der Waals surface area contributed by atoms with Gasteiger partial charge in [-0.15, -0.1) is 0 Å². The van der Waals surface area contributed by atoms with Gasteiger partial charge in [0.15, 0.2) is 0 Å². The van der Waals surface area contributed by atoms with Crippen LogP contribution in [0.3, 0.4) is 0 Å². The lowest BCUT2D eigenvalue weighted by Crippen LogP contribution is -2.20. The molecule has 2 rings (SSSR count). The first kappa shape index (κ1) is 21.7. The molecule has 0 aliphatic heterocycles. The third-order valence-corrected chi connectivity index (χ3v) is 3.86. The monoisotopic (exact) mass is 399 g/mol. The molecule has 0 heterocycles. The summed E-state index contributed by atoms with van der Waals surface area (Å²) in [7, 11) is 3.10. The summed E-state index contributed by atoms with van der Waals surface area (Å²) >= 11 is 0. The molecule has 0 aliphatic rings. The number of hydrogen-bond acceptors (Lipinski definition) is 6. The van der Waals surface area contributed by atoms with Crippen LogP contribution in [0.25, 0.3) is 0 Å². The molecule has 2 aromatic rings. The number of nitrogens with zero attached hydrogens (tertiary/aromatic N) is 1. The molecule has 0 aliphatic carbocycles. The minimum atomic E-state index is -0.370. The lowest BCUT2D eigenvalue weighted by molar-refractivity contribution is -0.124. The lowest BCUT2D eigenvalue weighted by atomic mass is 10.2. The van der Waals surface area contributed by atoms with Gasteiger partial charge in [-0.25, -0.2) is 5.43 Å². The molecular formula is C21H25N3O5. The largest absolute Gasteiger partial charge is 0.497 e. The Morgan fingerprint density at radius 3 is 2.31 bits per heavy atom. The van der Waals surface area contributed by atoms with Crippen LogP contribution in [0.1, 0.15) is 25.3 Å². The molecule has 154 valence electrons. The van der Waals surface area contributed by atoms with Gasteiger partial charge in [0.1, 0.15) is 17.2 Å². The number of hydrazone groups is 1. The second-order valence-electron chi connectivity index (χ2n) is 5.91. The summed E-state index contributed by atoms with van der Waals surface area (Å²) in [5, 5.41) is 6.64. The van der Waals surface area contributed by atoms with E-state index in [1.807, 2.05) is 6.92 Å². The zero-order valence-corrected chi connectivity index (χ0v) is 16.7. The molecule has 0 atom stereocenters. The fraction of sp³-hybridized carbons (Fsp3) is 0.286. The first-order chi connectivity index (χ1) is 14.0. The number of methoxy groups -OCH3 is 2. The predicted octanol–water partition coefficient (Wildman–Crippen LogP) is 2.97. The van der Waals surface area contributed by atoms with Crippen molar-refractivity contribution in [2.24, 2.45) is 5.10 Å². The van der Waals surface area contributed by atoms with E-state index < -0.39 is 0 Å². The van der Waals surface area contributed by atoms with Gasteiger partial charge in [0.05, 0.1) is 27.0 Å². The number of benzene rings is 2. The van der Waals surface area contributed by atoms with E-state index in [0.29, 0.717) is 29.4 Å². The fourth-order valence-electron chi connectivity index (χ4n) is 2.42. The number of carbonyl (C=O) groups is 2. The van der Waals surface area contributed by atoms with Crippen molar-refractivity contribution in [2.45, 2.75) is 19.8 Å². The molecule has 2 N–H and O–H groups in total. The number of carbonyl (C=O) groups excluding carboxylic acids is 2. The van der Waals surface area contributed by atoms with Crippen molar-refractivity contribution in [3.8, 4) is 17.2 Å². The highest BCUT2D eigenvalue weighted by molar-refractivity contribution is 5.93. The highest BCUT2D eigenvalue weighted by Crippen LogP contribution is 2.22. The molecule has 2 aromatic carbocycles. The van der Waals surface area contributed by atoms with Crippen molar-refractivity contribution in [1.29, 1.82) is 0 Å². The zero-order chi connectivity index (χ0) is 21.1. The van der Waals surface area contributed by atoms with Gasteiger partial charge in [0.2, 0.25) is 11.8 Å². The molecule has 2 amide bonds. The normalized spacial score (nSPS) is 10.4. The molecule has 0 saturated heterocycles. The Hall–Kier alpha value is -3.55. The molecule has 0 fully saturated rings. The summed E-state index contributed by atoms with van der Waals surface area (Å²) in [6.45, 7) is 2.48. The highest BCUT2D eigenvalue weighted by Gasteiger charge is 2.07. The summed E-state index contributed by atoms with van der Waals surface area (Å²) in [5.74, 6) is 1.34. The molecule has 0 spiro atoms. The quantitative estimate of drug-likeness (QED) is 0.473. The van der Waals surface area contributed by atoms with Crippen LogP contribution in [-0.4, -0.2) is 38.9 Å². The number of amides is 2. The standard InChI is InChI=1S/C21H25N3O5/c1-4-29-17-7-5-16(6-8-17)23-20(25)11-12-21(26)24-22-14-15-13-18(27-2)9-10-19(15)28-3/h5-10,13-14H,4,11-12H2,1-3H3,(H,23,25)(H,24,26)/b22-14+. The summed E-state index contributed by atoms with van der Waals surface area (Å²) in [4.78, 5) is 23.9. The topological polar surface area (TPSA) is 98.2 Å². The van der Waals surface area contributed by atoms with Crippen molar-refractivity contribution < 1.29 is 23.8 Å². The second-order valence-corrected chi connectivity index (χ2v) is 5.91. The number of nitrogens with one attached hydrogen (secondary N) is 2. The van der Waals surface area contributed by atoms with E-state index in [9.17, 15) is 9.59 Å². The number of anilines is 1. The molecule has 8 heteroatoms. The van der Waals surface area contributed by atoms with Crippen LogP contribution in [0.5, 0.6) is 17.2 Å². The maximum atomic E-state index is 12.0. The van der Waals surface area contributed by atoms with Crippen molar-refractivity contribution in [1.82, 2.24) is 5.43 Å². The maximum Gasteiger partial charge on any atom is 0.240 e. The van der Waals surface area contributed by atoms with Gasteiger partial charge in [-0.2, -0.15) is 5.10 Å². The predicted molar refractivity (Wildman–Crippen MR) is 111 cm³/mol. The molecule has 0 aromatic heterocycles. The SMILES string of the molecule is CCOc1ccc(NC(=O)CCC(=O)N/N=C/c2cc(OC)ccc2OC)cc1. The van der Waals surface area contributed by atoms with Crippen molar-refractivity contribution in [3.05, 3.63) is 48.0 Å². The van der Waals surface area contributed by atoms with E-state index in [4.69, 9.17) is 14.2 Å². The summed E-state index contributed by atoms with van der Waals surface area (Å²) in [6, 6.07) is 12.3. The summed E-state index contributed by atoms with van der Waals surface area (Å²) in [5.41, 5.74) is 3.69. The third-order valence-electron chi connectivity index (χ3n) is 3.86. The molecule has 0 radical (unpaired) electrons. The maximum absolute atomic E-state index is 12.0. The van der Waals surface area contributed by atoms with E-state index in [1.165, 1.54) is 6.21 Å². The Kier molecular flexibility index (Phi) is 8.50. The first-order valence-electron chi connectivity index (χ1n) is 9.12. The third kappa shape index (κ3) is 7.17. The van der Waals surface area contributed by atoms with Gasteiger partial charge in [-0.05, 0) is 49.4 Å². The molecule has 29 heavy (non-hydrogen) atoms. The van der Waals surface area contributed by atoms with Gasteiger partial charge in [-0.1, -0.05) is 0 Å². The van der Waals surface area contributed by atoms with E-state index >= 15 is 0 Å². The lowest BCUT2D eigenvalue weighted by Gasteiger charge is -2.07. The van der Waals surface area contributed by atoms with Gasteiger partial charge in [0.25, 0.3) is 0 Å². The van der Waals surface area contributed by atoms with Crippen molar-refractivity contribution in [3.63, 3.8) is 0 Å². The highest BCUT2D eigenvalue weighted by atomic mass is 16.5. The second kappa shape index (κ2) is 11.3. The number of rotatable bonds is 10. The van der Waals surface area contributed by atoms with Gasteiger partial charge in [0, 0.05) is 24.1 Å². The van der Waals surface area contributed by atoms with Crippen LogP contribution in [-0.2, 0) is 9.59 Å². The molecule has 0 bridgehead atoms. The van der Waals surface area contributed by atoms with Crippen LogP contribution >= 0.6 is 0 Å². The Balaban J connectivity index is 1.79. The van der Waals surface area contributed by atoms with Crippen LogP contribution in [0, 0.1) is 0 Å². The van der Waals surface area contributed by atoms with E-state index in [-0.39, 0.29) is 24.7 Å². The van der Waals surface area contributed by atoms with E-state index in [2.05, 4.69) is 15.8 Å². The van der Waals surface area contributed by atoms with Crippen LogP contribution < -0.4 is 25.0 Å². The summed E-state index contributed by atoms with van der Waals surface area (Å²) in [6.07, 6.45) is 1.51. The van der Waals surface area contributed by atoms with Crippen molar-refractivity contribution >= 4 is 23.7 Å². The first-order valence-corrected chi connectivity index (χ1v) is 9.12. The average Bonchev–Trinajstić information content (AvgIpc) is 2.73. The van der Waals surface area contributed by atoms with E-state index in [1.54, 1.807) is 56.7 Å². The molecule has 0 saturated carbocycles. The van der Waals surface area contributed by atoms with Crippen LogP contribution in [0.2, 0.25) is 0 Å². The van der Waals surface area contributed by atoms with Crippen LogP contribution in [0.15, 0.2) is 47.6 Å². The minimum absolute atomic E-state index is 0.00937. The Morgan fingerprint density at radius 2 is 1.66 bits per heavy atom.